The molecule has 1 heterocycles. The zero-order valence-electron chi connectivity index (χ0n) is 18.9. The van der Waals surface area contributed by atoms with Crippen molar-refractivity contribution in [1.82, 2.24) is 15.5 Å². The molecule has 0 spiro atoms. The summed E-state index contributed by atoms with van der Waals surface area (Å²) in [6, 6.07) is 16.3. The maximum Gasteiger partial charge on any atom is 0.269 e. The molecule has 0 aliphatic carbocycles. The number of benzene rings is 2. The second kappa shape index (κ2) is 9.99. The number of carbonyl (C=O) groups is 1. The number of aromatic nitrogens is 2. The molecule has 0 aliphatic heterocycles. The van der Waals surface area contributed by atoms with Gasteiger partial charge >= 0.3 is 0 Å². The molecule has 0 unspecified atom stereocenters. The quantitative estimate of drug-likeness (QED) is 0.509. The molecule has 32 heavy (non-hydrogen) atoms. The van der Waals surface area contributed by atoms with Gasteiger partial charge < -0.3 is 10.2 Å². The first-order valence-electron chi connectivity index (χ1n) is 10.8. The summed E-state index contributed by atoms with van der Waals surface area (Å²) in [5.41, 5.74) is 3.83. The molecule has 3 aromatic rings. The van der Waals surface area contributed by atoms with E-state index >= 15 is 0 Å². The number of nitrogens with zero attached hydrogens (tertiary/aromatic N) is 2. The van der Waals surface area contributed by atoms with Crippen LogP contribution in [-0.2, 0) is 16.4 Å². The number of sulfone groups is 1. The molecular formula is C24H30N4O3S. The van der Waals surface area contributed by atoms with E-state index in [-0.39, 0.29) is 10.8 Å². The van der Waals surface area contributed by atoms with Gasteiger partial charge in [-0.3, -0.25) is 9.89 Å². The van der Waals surface area contributed by atoms with Crippen molar-refractivity contribution in [2.45, 2.75) is 44.4 Å². The highest BCUT2D eigenvalue weighted by Gasteiger charge is 2.19. The Kier molecular flexibility index (Phi) is 7.35. The summed E-state index contributed by atoms with van der Waals surface area (Å²) in [5.74, 6) is -0.254. The Morgan fingerprint density at radius 1 is 1.03 bits per heavy atom. The molecule has 0 aliphatic rings. The predicted molar refractivity (Wildman–Crippen MR) is 128 cm³/mol. The average molecular weight is 455 g/mol. The number of carbonyl (C=O) groups excluding carboxylic acids is 1. The maximum atomic E-state index is 12.5. The molecule has 2 N–H and O–H groups in total. The zero-order valence-corrected chi connectivity index (χ0v) is 19.7. The molecule has 8 heteroatoms. The van der Waals surface area contributed by atoms with Crippen LogP contribution in [0.15, 0.2) is 59.5 Å². The predicted octanol–water partition coefficient (Wildman–Crippen LogP) is 4.04. The van der Waals surface area contributed by atoms with Crippen molar-refractivity contribution >= 4 is 21.4 Å². The molecule has 0 atom stereocenters. The Morgan fingerprint density at radius 3 is 2.22 bits per heavy atom. The Bertz CT molecular complexity index is 1150. The fourth-order valence-electron chi connectivity index (χ4n) is 3.36. The maximum absolute atomic E-state index is 12.5. The van der Waals surface area contributed by atoms with E-state index in [1.807, 2.05) is 12.1 Å². The Labute approximate surface area is 189 Å². The number of hydrogen-bond donors (Lipinski definition) is 2. The van der Waals surface area contributed by atoms with Crippen molar-refractivity contribution in [3.8, 4) is 11.3 Å². The molecule has 0 saturated carbocycles. The molecule has 2 aromatic carbocycles. The Hall–Kier alpha value is -3.13. The minimum Gasteiger partial charge on any atom is -0.372 e. The largest absolute Gasteiger partial charge is 0.372 e. The third-order valence-electron chi connectivity index (χ3n) is 5.44. The number of H-pyrrole nitrogens is 1. The molecule has 0 saturated heterocycles. The lowest BCUT2D eigenvalue weighted by Gasteiger charge is -2.21. The smallest absolute Gasteiger partial charge is 0.269 e. The molecule has 7 nitrogen and oxygen atoms in total. The van der Waals surface area contributed by atoms with Crippen LogP contribution < -0.4 is 10.2 Å². The fraction of sp³-hybridized carbons (Fsp3) is 0.333. The third kappa shape index (κ3) is 5.19. The summed E-state index contributed by atoms with van der Waals surface area (Å²) >= 11 is 0. The van der Waals surface area contributed by atoms with E-state index in [4.69, 9.17) is 0 Å². The van der Waals surface area contributed by atoms with Gasteiger partial charge in [-0.25, -0.2) is 8.42 Å². The van der Waals surface area contributed by atoms with E-state index in [1.165, 1.54) is 0 Å². The van der Waals surface area contributed by atoms with Gasteiger partial charge in [-0.15, -0.1) is 0 Å². The van der Waals surface area contributed by atoms with Crippen molar-refractivity contribution in [3.63, 3.8) is 0 Å². The molecule has 170 valence electrons. The molecule has 1 amide bonds. The molecule has 0 fully saturated rings. The van der Waals surface area contributed by atoms with E-state index in [0.29, 0.717) is 17.9 Å². The van der Waals surface area contributed by atoms with Crippen LogP contribution in [0.2, 0.25) is 0 Å². The third-order valence-corrected chi connectivity index (χ3v) is 7.61. The van der Waals surface area contributed by atoms with Crippen LogP contribution in [-0.4, -0.2) is 42.9 Å². The van der Waals surface area contributed by atoms with Crippen LogP contribution in [0.3, 0.4) is 0 Å². The van der Waals surface area contributed by atoms with Crippen molar-refractivity contribution in [2.75, 3.05) is 18.0 Å². The first-order valence-corrected chi connectivity index (χ1v) is 12.3. The standard InChI is InChI=1S/C24H30N4O3S/c1-5-28(6-2)20-11-7-18(8-12-20)16-25-24(29)23-15-22(26-27-23)19-9-13-21(14-10-19)32(30,31)17(3)4/h7-15,17H,5-6,16H2,1-4H3,(H,25,29)(H,26,27). The van der Waals surface area contributed by atoms with Crippen LogP contribution in [0.5, 0.6) is 0 Å². The minimum atomic E-state index is -3.32. The first-order chi connectivity index (χ1) is 15.3. The Morgan fingerprint density at radius 2 is 1.66 bits per heavy atom. The molecule has 3 rings (SSSR count). The molecule has 0 radical (unpaired) electrons. The number of aromatic amines is 1. The highest BCUT2D eigenvalue weighted by Crippen LogP contribution is 2.22. The lowest BCUT2D eigenvalue weighted by molar-refractivity contribution is 0.0946. The van der Waals surface area contributed by atoms with Gasteiger partial charge in [0.1, 0.15) is 5.69 Å². The van der Waals surface area contributed by atoms with Gasteiger partial charge in [0.25, 0.3) is 5.91 Å². The van der Waals surface area contributed by atoms with E-state index in [9.17, 15) is 13.2 Å². The number of anilines is 1. The van der Waals surface area contributed by atoms with E-state index < -0.39 is 15.1 Å². The molecule has 0 bridgehead atoms. The van der Waals surface area contributed by atoms with Gasteiger partial charge in [0.15, 0.2) is 9.84 Å². The minimum absolute atomic E-state index is 0.254. The summed E-state index contributed by atoms with van der Waals surface area (Å²) in [6.07, 6.45) is 0. The van der Waals surface area contributed by atoms with Gasteiger partial charge in [0.2, 0.25) is 0 Å². The second-order valence-electron chi connectivity index (χ2n) is 7.81. The lowest BCUT2D eigenvalue weighted by Crippen LogP contribution is -2.23. The number of rotatable bonds is 9. The number of amides is 1. The normalized spacial score (nSPS) is 11.5. The summed E-state index contributed by atoms with van der Waals surface area (Å²) in [6.45, 7) is 9.86. The van der Waals surface area contributed by atoms with Crippen molar-refractivity contribution in [3.05, 3.63) is 65.9 Å². The van der Waals surface area contributed by atoms with Crippen LogP contribution in [0, 0.1) is 0 Å². The highest BCUT2D eigenvalue weighted by molar-refractivity contribution is 7.92. The molecule has 1 aromatic heterocycles. The number of hydrogen-bond acceptors (Lipinski definition) is 5. The summed E-state index contributed by atoms with van der Waals surface area (Å²) in [5, 5.41) is 9.37. The second-order valence-corrected chi connectivity index (χ2v) is 10.3. The average Bonchev–Trinajstić information content (AvgIpc) is 3.29. The van der Waals surface area contributed by atoms with E-state index in [2.05, 4.69) is 46.4 Å². The lowest BCUT2D eigenvalue weighted by atomic mass is 10.1. The van der Waals surface area contributed by atoms with Crippen LogP contribution in [0.1, 0.15) is 43.7 Å². The monoisotopic (exact) mass is 454 g/mol. The van der Waals surface area contributed by atoms with Gasteiger partial charge in [-0.05, 0) is 63.6 Å². The van der Waals surface area contributed by atoms with Crippen molar-refractivity contribution in [1.29, 1.82) is 0 Å². The van der Waals surface area contributed by atoms with Crippen molar-refractivity contribution < 1.29 is 13.2 Å². The fourth-order valence-corrected chi connectivity index (χ4v) is 4.42. The summed E-state index contributed by atoms with van der Waals surface area (Å²) in [7, 11) is -3.32. The SMILES string of the molecule is CCN(CC)c1ccc(CNC(=O)c2cc(-c3ccc(S(=O)(=O)C(C)C)cc3)n[nH]2)cc1. The van der Waals surface area contributed by atoms with E-state index in [1.54, 1.807) is 44.2 Å². The van der Waals surface area contributed by atoms with Gasteiger partial charge in [-0.2, -0.15) is 5.10 Å². The zero-order chi connectivity index (χ0) is 23.3. The number of nitrogens with one attached hydrogen (secondary N) is 2. The molecular weight excluding hydrogens is 424 g/mol. The van der Waals surface area contributed by atoms with Gasteiger partial charge in [0, 0.05) is 30.9 Å². The van der Waals surface area contributed by atoms with Crippen LogP contribution in [0.4, 0.5) is 5.69 Å². The van der Waals surface area contributed by atoms with E-state index in [0.717, 1.165) is 29.9 Å². The first kappa shape index (κ1) is 23.5. The van der Waals surface area contributed by atoms with Gasteiger partial charge in [0.05, 0.1) is 15.8 Å². The van der Waals surface area contributed by atoms with Crippen LogP contribution in [0.25, 0.3) is 11.3 Å². The van der Waals surface area contributed by atoms with Crippen LogP contribution >= 0.6 is 0 Å². The summed E-state index contributed by atoms with van der Waals surface area (Å²) in [4.78, 5) is 15.1. The van der Waals surface area contributed by atoms with Crippen molar-refractivity contribution in [2.24, 2.45) is 0 Å². The van der Waals surface area contributed by atoms with Gasteiger partial charge in [-0.1, -0.05) is 24.3 Å². The Balaban J connectivity index is 1.63. The topological polar surface area (TPSA) is 95.2 Å². The highest BCUT2D eigenvalue weighted by atomic mass is 32.2. The summed E-state index contributed by atoms with van der Waals surface area (Å²) < 4.78 is 24.5.